The second kappa shape index (κ2) is 6.77. The van der Waals surface area contributed by atoms with Crippen LogP contribution in [-0.2, 0) is 19.6 Å². The third-order valence-corrected chi connectivity index (χ3v) is 3.17. The predicted molar refractivity (Wildman–Crippen MR) is 79.3 cm³/mol. The lowest BCUT2D eigenvalue weighted by Gasteiger charge is -2.15. The van der Waals surface area contributed by atoms with Crippen molar-refractivity contribution in [3.8, 4) is 0 Å². The molecule has 0 atom stereocenters. The third-order valence-electron chi connectivity index (χ3n) is 3.17. The molecule has 20 heavy (non-hydrogen) atoms. The molecular weight excluding hydrogens is 252 g/mol. The normalized spacial score (nSPS) is 11.7. The van der Waals surface area contributed by atoms with Gasteiger partial charge >= 0.3 is 0 Å². The number of hydrogen-bond donors (Lipinski definition) is 1. The first-order chi connectivity index (χ1) is 9.54. The molecule has 0 aromatic carbocycles. The summed E-state index contributed by atoms with van der Waals surface area (Å²) in [6, 6.07) is 6.53. The summed E-state index contributed by atoms with van der Waals surface area (Å²) in [5.74, 6) is 2.95. The van der Waals surface area contributed by atoms with Gasteiger partial charge in [-0.05, 0) is 32.2 Å². The van der Waals surface area contributed by atoms with Crippen LogP contribution in [0, 0.1) is 6.92 Å². The zero-order chi connectivity index (χ0) is 14.5. The van der Waals surface area contributed by atoms with Gasteiger partial charge in [-0.2, -0.15) is 0 Å². The second-order valence-corrected chi connectivity index (χ2v) is 5.59. The topological polar surface area (TPSA) is 41.6 Å². The fourth-order valence-corrected chi connectivity index (χ4v) is 2.11. The largest absolute Gasteiger partial charge is 0.468 e. The number of aryl methyl sites for hydroxylation is 1. The van der Waals surface area contributed by atoms with Crippen LogP contribution in [0.25, 0.3) is 0 Å². The summed E-state index contributed by atoms with van der Waals surface area (Å²) in [5.41, 5.74) is 1.22. The van der Waals surface area contributed by atoms with Crippen molar-refractivity contribution in [3.05, 3.63) is 47.3 Å². The van der Waals surface area contributed by atoms with E-state index in [-0.39, 0.29) is 0 Å². The molecule has 0 fully saturated rings. The number of furan rings is 2. The maximum atomic E-state index is 5.60. The van der Waals surface area contributed by atoms with Gasteiger partial charge in [0, 0.05) is 18.2 Å². The van der Waals surface area contributed by atoms with Gasteiger partial charge in [0.05, 0.1) is 19.4 Å². The molecule has 4 heteroatoms. The Balaban J connectivity index is 1.90. The van der Waals surface area contributed by atoms with E-state index in [1.54, 1.807) is 6.26 Å². The molecular formula is C16H24N2O2. The van der Waals surface area contributed by atoms with E-state index in [0.717, 1.165) is 36.9 Å². The van der Waals surface area contributed by atoms with Crippen LogP contribution in [0.4, 0.5) is 0 Å². The zero-order valence-corrected chi connectivity index (χ0v) is 12.8. The monoisotopic (exact) mass is 276 g/mol. The van der Waals surface area contributed by atoms with Crippen molar-refractivity contribution < 1.29 is 8.83 Å². The molecule has 2 aromatic heterocycles. The molecule has 0 unspecified atom stereocenters. The van der Waals surface area contributed by atoms with E-state index >= 15 is 0 Å². The second-order valence-electron chi connectivity index (χ2n) is 5.59. The molecule has 2 rings (SSSR count). The van der Waals surface area contributed by atoms with Crippen molar-refractivity contribution in [2.24, 2.45) is 0 Å². The summed E-state index contributed by atoms with van der Waals surface area (Å²) in [7, 11) is 2.07. The van der Waals surface area contributed by atoms with Gasteiger partial charge in [0.1, 0.15) is 17.3 Å². The van der Waals surface area contributed by atoms with Gasteiger partial charge in [-0.25, -0.2) is 0 Å². The Kier molecular flexibility index (Phi) is 5.04. The highest BCUT2D eigenvalue weighted by atomic mass is 16.3. The minimum absolute atomic E-state index is 0.474. The SMILES string of the molecule is Cc1ccc(CN(C)Cc2occc2CNC(C)C)o1. The van der Waals surface area contributed by atoms with Crippen molar-refractivity contribution in [2.45, 2.75) is 46.4 Å². The van der Waals surface area contributed by atoms with Crippen LogP contribution >= 0.6 is 0 Å². The Hall–Kier alpha value is -1.52. The van der Waals surface area contributed by atoms with Gasteiger partial charge in [0.15, 0.2) is 0 Å². The fraction of sp³-hybridized carbons (Fsp3) is 0.500. The maximum absolute atomic E-state index is 5.60. The van der Waals surface area contributed by atoms with Gasteiger partial charge in [-0.1, -0.05) is 13.8 Å². The minimum Gasteiger partial charge on any atom is -0.468 e. The van der Waals surface area contributed by atoms with Crippen LogP contribution in [-0.4, -0.2) is 18.0 Å². The molecule has 0 saturated heterocycles. The Morgan fingerprint density at radius 2 is 2.00 bits per heavy atom. The minimum atomic E-state index is 0.474. The average molecular weight is 276 g/mol. The van der Waals surface area contributed by atoms with E-state index in [1.165, 1.54) is 5.56 Å². The average Bonchev–Trinajstić information content (AvgIpc) is 2.96. The molecule has 0 radical (unpaired) electrons. The Labute approximate surface area is 120 Å². The van der Waals surface area contributed by atoms with E-state index in [2.05, 4.69) is 31.1 Å². The molecule has 2 heterocycles. The van der Waals surface area contributed by atoms with Crippen LogP contribution in [0.15, 0.2) is 33.3 Å². The van der Waals surface area contributed by atoms with Crippen molar-refractivity contribution in [3.63, 3.8) is 0 Å². The van der Waals surface area contributed by atoms with Gasteiger partial charge in [0.25, 0.3) is 0 Å². The van der Waals surface area contributed by atoms with Crippen LogP contribution in [0.2, 0.25) is 0 Å². The zero-order valence-electron chi connectivity index (χ0n) is 12.8. The fourth-order valence-electron chi connectivity index (χ4n) is 2.11. The summed E-state index contributed by atoms with van der Waals surface area (Å²) in [6.45, 7) is 8.66. The molecule has 1 N–H and O–H groups in total. The molecule has 0 aliphatic rings. The van der Waals surface area contributed by atoms with Gasteiger partial charge in [0.2, 0.25) is 0 Å². The van der Waals surface area contributed by atoms with Crippen molar-refractivity contribution in [1.29, 1.82) is 0 Å². The van der Waals surface area contributed by atoms with E-state index < -0.39 is 0 Å². The highest BCUT2D eigenvalue weighted by molar-refractivity contribution is 5.17. The van der Waals surface area contributed by atoms with E-state index in [1.807, 2.05) is 25.1 Å². The maximum Gasteiger partial charge on any atom is 0.122 e. The van der Waals surface area contributed by atoms with Crippen molar-refractivity contribution in [2.75, 3.05) is 7.05 Å². The number of rotatable bonds is 7. The first-order valence-corrected chi connectivity index (χ1v) is 7.07. The highest BCUT2D eigenvalue weighted by Crippen LogP contribution is 2.15. The molecule has 0 amide bonds. The number of hydrogen-bond acceptors (Lipinski definition) is 4. The van der Waals surface area contributed by atoms with Gasteiger partial charge in [-0.3, -0.25) is 4.90 Å². The summed E-state index contributed by atoms with van der Waals surface area (Å²) in [6.07, 6.45) is 1.76. The number of nitrogens with zero attached hydrogens (tertiary/aromatic N) is 1. The standard InChI is InChI=1S/C16H24N2O2/c1-12(2)17-9-14-7-8-19-16(14)11-18(4)10-15-6-5-13(3)20-15/h5-8,12,17H,9-11H2,1-4H3. The Morgan fingerprint density at radius 3 is 2.65 bits per heavy atom. The third kappa shape index (κ3) is 4.25. The molecule has 0 saturated carbocycles. The van der Waals surface area contributed by atoms with E-state index in [0.29, 0.717) is 6.04 Å². The molecule has 110 valence electrons. The van der Waals surface area contributed by atoms with E-state index in [9.17, 15) is 0 Å². The van der Waals surface area contributed by atoms with Crippen LogP contribution in [0.3, 0.4) is 0 Å². The molecule has 0 spiro atoms. The molecule has 0 bridgehead atoms. The van der Waals surface area contributed by atoms with Gasteiger partial charge in [-0.15, -0.1) is 0 Å². The highest BCUT2D eigenvalue weighted by Gasteiger charge is 2.11. The molecule has 2 aromatic rings. The van der Waals surface area contributed by atoms with Crippen molar-refractivity contribution in [1.82, 2.24) is 10.2 Å². The summed E-state index contributed by atoms with van der Waals surface area (Å²) >= 11 is 0. The lowest BCUT2D eigenvalue weighted by molar-refractivity contribution is 0.261. The first-order valence-electron chi connectivity index (χ1n) is 7.07. The van der Waals surface area contributed by atoms with Crippen LogP contribution < -0.4 is 5.32 Å². The van der Waals surface area contributed by atoms with E-state index in [4.69, 9.17) is 8.83 Å². The first kappa shape index (κ1) is 14.9. The lowest BCUT2D eigenvalue weighted by atomic mass is 10.2. The molecule has 4 nitrogen and oxygen atoms in total. The van der Waals surface area contributed by atoms with Crippen LogP contribution in [0.1, 0.15) is 36.7 Å². The Morgan fingerprint density at radius 1 is 1.20 bits per heavy atom. The van der Waals surface area contributed by atoms with Gasteiger partial charge < -0.3 is 14.2 Å². The quantitative estimate of drug-likeness (QED) is 0.842. The van der Waals surface area contributed by atoms with Crippen LogP contribution in [0.5, 0.6) is 0 Å². The number of nitrogens with one attached hydrogen (secondary N) is 1. The Bertz CT molecular complexity index is 528. The molecule has 0 aliphatic heterocycles. The molecule has 0 aliphatic carbocycles. The summed E-state index contributed by atoms with van der Waals surface area (Å²) in [5, 5.41) is 3.42. The summed E-state index contributed by atoms with van der Waals surface area (Å²) < 4.78 is 11.2. The lowest BCUT2D eigenvalue weighted by Crippen LogP contribution is -2.23. The van der Waals surface area contributed by atoms with Crippen molar-refractivity contribution >= 4 is 0 Å². The predicted octanol–water partition coefficient (Wildman–Crippen LogP) is 3.31. The smallest absolute Gasteiger partial charge is 0.122 e. The summed E-state index contributed by atoms with van der Waals surface area (Å²) in [4.78, 5) is 2.19.